The molecule has 1 amide bonds. The zero-order valence-corrected chi connectivity index (χ0v) is 9.37. The molecule has 0 spiro atoms. The van der Waals surface area contributed by atoms with Crippen molar-refractivity contribution in [2.24, 2.45) is 0 Å². The normalized spacial score (nSPS) is 12.3. The van der Waals surface area contributed by atoms with E-state index >= 15 is 0 Å². The molecule has 2 N–H and O–H groups in total. The molecule has 3 nitrogen and oxygen atoms in total. The summed E-state index contributed by atoms with van der Waals surface area (Å²) in [7, 11) is 0. The van der Waals surface area contributed by atoms with Crippen molar-refractivity contribution in [3.8, 4) is 0 Å². The molecule has 0 radical (unpaired) electrons. The number of carbonyl (C=O) groups excluding carboxylic acids is 1. The molecule has 0 aliphatic heterocycles. The van der Waals surface area contributed by atoms with Gasteiger partial charge in [0.25, 0.3) is 0 Å². The fourth-order valence-electron chi connectivity index (χ4n) is 1.70. The third kappa shape index (κ3) is 3.06. The van der Waals surface area contributed by atoms with E-state index in [-0.39, 0.29) is 12.5 Å². The standard InChI is InChI=1S/C12H17NO2/c1-8-5-4-6-9(2)12(8)11(15)7-13-10(3)14/h4-6,11,15H,7H2,1-3H3,(H,13,14). The number of aliphatic hydroxyl groups excluding tert-OH is 1. The maximum absolute atomic E-state index is 10.7. The van der Waals surface area contributed by atoms with Crippen molar-refractivity contribution in [1.82, 2.24) is 5.32 Å². The van der Waals surface area contributed by atoms with E-state index in [9.17, 15) is 9.90 Å². The zero-order chi connectivity index (χ0) is 11.4. The lowest BCUT2D eigenvalue weighted by atomic mass is 9.98. The Labute approximate surface area is 90.1 Å². The summed E-state index contributed by atoms with van der Waals surface area (Å²) < 4.78 is 0. The van der Waals surface area contributed by atoms with Crippen molar-refractivity contribution >= 4 is 5.91 Å². The van der Waals surface area contributed by atoms with Gasteiger partial charge in [-0.3, -0.25) is 4.79 Å². The first-order valence-electron chi connectivity index (χ1n) is 5.01. The average Bonchev–Trinajstić information content (AvgIpc) is 2.14. The molecule has 0 saturated heterocycles. The maximum atomic E-state index is 10.7. The smallest absolute Gasteiger partial charge is 0.216 e. The molecule has 1 unspecified atom stereocenters. The molecule has 0 heterocycles. The van der Waals surface area contributed by atoms with Gasteiger partial charge in [0, 0.05) is 13.5 Å². The van der Waals surface area contributed by atoms with Gasteiger partial charge in [0.1, 0.15) is 0 Å². The van der Waals surface area contributed by atoms with Crippen LogP contribution in [0.15, 0.2) is 18.2 Å². The lowest BCUT2D eigenvalue weighted by Crippen LogP contribution is -2.26. The van der Waals surface area contributed by atoms with Crippen molar-refractivity contribution in [1.29, 1.82) is 0 Å². The highest BCUT2D eigenvalue weighted by atomic mass is 16.3. The Morgan fingerprint density at radius 3 is 2.40 bits per heavy atom. The number of aryl methyl sites for hydroxylation is 2. The average molecular weight is 207 g/mol. The van der Waals surface area contributed by atoms with Crippen LogP contribution >= 0.6 is 0 Å². The van der Waals surface area contributed by atoms with Gasteiger partial charge in [-0.1, -0.05) is 18.2 Å². The lowest BCUT2D eigenvalue weighted by molar-refractivity contribution is -0.119. The molecule has 0 aromatic heterocycles. The van der Waals surface area contributed by atoms with Gasteiger partial charge in [-0.05, 0) is 30.5 Å². The molecular formula is C12H17NO2. The Hall–Kier alpha value is -1.35. The Morgan fingerprint density at radius 1 is 1.40 bits per heavy atom. The Kier molecular flexibility index (Phi) is 3.86. The molecular weight excluding hydrogens is 190 g/mol. The van der Waals surface area contributed by atoms with Crippen LogP contribution < -0.4 is 5.32 Å². The molecule has 15 heavy (non-hydrogen) atoms. The summed E-state index contributed by atoms with van der Waals surface area (Å²) in [6.45, 7) is 5.62. The summed E-state index contributed by atoms with van der Waals surface area (Å²) in [5.41, 5.74) is 3.01. The topological polar surface area (TPSA) is 49.3 Å². The summed E-state index contributed by atoms with van der Waals surface area (Å²) in [6.07, 6.45) is -0.630. The minimum absolute atomic E-state index is 0.125. The second-order valence-electron chi connectivity index (χ2n) is 3.76. The first kappa shape index (κ1) is 11.7. The molecule has 1 aromatic rings. The summed E-state index contributed by atoms with van der Waals surface area (Å²) >= 11 is 0. The van der Waals surface area contributed by atoms with E-state index in [1.165, 1.54) is 6.92 Å². The van der Waals surface area contributed by atoms with Gasteiger partial charge < -0.3 is 10.4 Å². The molecule has 1 rings (SSSR count). The van der Waals surface area contributed by atoms with Gasteiger partial charge in [0.2, 0.25) is 5.91 Å². The number of nitrogens with one attached hydrogen (secondary N) is 1. The van der Waals surface area contributed by atoms with Gasteiger partial charge in [0.05, 0.1) is 6.10 Å². The van der Waals surface area contributed by atoms with Gasteiger partial charge >= 0.3 is 0 Å². The first-order valence-corrected chi connectivity index (χ1v) is 5.01. The van der Waals surface area contributed by atoms with Crippen LogP contribution in [0.5, 0.6) is 0 Å². The van der Waals surface area contributed by atoms with Crippen molar-refractivity contribution in [2.75, 3.05) is 6.54 Å². The monoisotopic (exact) mass is 207 g/mol. The summed E-state index contributed by atoms with van der Waals surface area (Å²) in [5, 5.41) is 12.5. The molecule has 1 atom stereocenters. The fourth-order valence-corrected chi connectivity index (χ4v) is 1.70. The molecule has 1 aromatic carbocycles. The number of aliphatic hydroxyl groups is 1. The SMILES string of the molecule is CC(=O)NCC(O)c1c(C)cccc1C. The number of carbonyl (C=O) groups is 1. The van der Waals surface area contributed by atoms with Gasteiger partial charge in [0.15, 0.2) is 0 Å². The summed E-state index contributed by atoms with van der Waals surface area (Å²) in [4.78, 5) is 10.7. The number of hydrogen-bond acceptors (Lipinski definition) is 2. The van der Waals surface area contributed by atoms with E-state index in [4.69, 9.17) is 0 Å². The predicted octanol–water partition coefficient (Wildman–Crippen LogP) is 1.47. The lowest BCUT2D eigenvalue weighted by Gasteiger charge is -2.16. The maximum Gasteiger partial charge on any atom is 0.216 e. The van der Waals surface area contributed by atoms with Crippen molar-refractivity contribution < 1.29 is 9.90 Å². The van der Waals surface area contributed by atoms with Crippen molar-refractivity contribution in [2.45, 2.75) is 26.9 Å². The van der Waals surface area contributed by atoms with Crippen LogP contribution in [0.1, 0.15) is 29.7 Å². The summed E-state index contributed by atoms with van der Waals surface area (Å²) in [6, 6.07) is 5.87. The van der Waals surface area contributed by atoms with Crippen LogP contribution in [0.4, 0.5) is 0 Å². The number of rotatable bonds is 3. The van der Waals surface area contributed by atoms with Crippen LogP contribution in [0.25, 0.3) is 0 Å². The van der Waals surface area contributed by atoms with Crippen LogP contribution in [-0.4, -0.2) is 17.6 Å². The highest BCUT2D eigenvalue weighted by Crippen LogP contribution is 2.20. The molecule has 0 aliphatic rings. The van der Waals surface area contributed by atoms with Gasteiger partial charge in [-0.2, -0.15) is 0 Å². The number of amides is 1. The van der Waals surface area contributed by atoms with Gasteiger partial charge in [-0.15, -0.1) is 0 Å². The predicted molar refractivity (Wildman–Crippen MR) is 59.6 cm³/mol. The van der Waals surface area contributed by atoms with Gasteiger partial charge in [-0.25, -0.2) is 0 Å². The summed E-state index contributed by atoms with van der Waals surface area (Å²) in [5.74, 6) is -0.125. The van der Waals surface area contributed by atoms with Crippen molar-refractivity contribution in [3.63, 3.8) is 0 Å². The van der Waals surface area contributed by atoms with E-state index in [0.717, 1.165) is 16.7 Å². The van der Waals surface area contributed by atoms with Crippen LogP contribution in [-0.2, 0) is 4.79 Å². The highest BCUT2D eigenvalue weighted by molar-refractivity contribution is 5.72. The second kappa shape index (κ2) is 4.94. The zero-order valence-electron chi connectivity index (χ0n) is 9.37. The minimum atomic E-state index is -0.630. The van der Waals surface area contributed by atoms with Crippen LogP contribution in [0.2, 0.25) is 0 Å². The second-order valence-corrected chi connectivity index (χ2v) is 3.76. The minimum Gasteiger partial charge on any atom is -0.387 e. The molecule has 0 aliphatic carbocycles. The van der Waals surface area contributed by atoms with Crippen molar-refractivity contribution in [3.05, 3.63) is 34.9 Å². The number of hydrogen-bond donors (Lipinski definition) is 2. The molecule has 3 heteroatoms. The quantitative estimate of drug-likeness (QED) is 0.788. The Balaban J connectivity index is 2.81. The van der Waals surface area contributed by atoms with Crippen LogP contribution in [0, 0.1) is 13.8 Å². The van der Waals surface area contributed by atoms with E-state index in [1.54, 1.807) is 0 Å². The molecule has 0 saturated carbocycles. The van der Waals surface area contributed by atoms with Crippen LogP contribution in [0.3, 0.4) is 0 Å². The third-order valence-corrected chi connectivity index (χ3v) is 2.42. The largest absolute Gasteiger partial charge is 0.387 e. The fraction of sp³-hybridized carbons (Fsp3) is 0.417. The Bertz CT molecular complexity index is 340. The van der Waals surface area contributed by atoms with E-state index in [0.29, 0.717) is 0 Å². The first-order chi connectivity index (χ1) is 7.02. The Morgan fingerprint density at radius 2 is 1.93 bits per heavy atom. The third-order valence-electron chi connectivity index (χ3n) is 2.42. The highest BCUT2D eigenvalue weighted by Gasteiger charge is 2.12. The van der Waals surface area contributed by atoms with E-state index in [1.807, 2.05) is 32.0 Å². The molecule has 0 bridgehead atoms. The molecule has 82 valence electrons. The number of benzene rings is 1. The molecule has 0 fully saturated rings. The van der Waals surface area contributed by atoms with E-state index in [2.05, 4.69) is 5.32 Å². The van der Waals surface area contributed by atoms with E-state index < -0.39 is 6.10 Å².